The minimum atomic E-state index is 0. The largest absolute Gasteiger partial charge is 1.00 e. The first kappa shape index (κ1) is 20.3. The number of Topliss-reactive ketones (excluding diaryl/α,β-unsaturated/α-hetero) is 1. The summed E-state index contributed by atoms with van der Waals surface area (Å²) in [6.07, 6.45) is 8.27. The molecule has 2 aromatic carbocycles. The van der Waals surface area contributed by atoms with Gasteiger partial charge in [-0.1, -0.05) is 24.6 Å². The highest BCUT2D eigenvalue weighted by molar-refractivity contribution is 6.00. The third-order valence-corrected chi connectivity index (χ3v) is 5.27. The molecule has 0 unspecified atom stereocenters. The average molecular weight is 395 g/mol. The molecule has 4 nitrogen and oxygen atoms in total. The van der Waals surface area contributed by atoms with Crippen molar-refractivity contribution < 1.29 is 17.2 Å². The van der Waals surface area contributed by atoms with Crippen LogP contribution in [0.3, 0.4) is 0 Å². The summed E-state index contributed by atoms with van der Waals surface area (Å²) >= 11 is 0. The average Bonchev–Trinajstić information content (AvgIpc) is 3.15. The SMILES string of the molecule is O=C(CCN1CCCCC1)c1ccc(N=Cc2c[nH]c3ccccc23)cc1.[Cl-]. The molecule has 0 bridgehead atoms. The number of rotatable bonds is 6. The molecule has 1 N–H and O–H groups in total. The molecule has 3 aromatic rings. The summed E-state index contributed by atoms with van der Waals surface area (Å²) in [6, 6.07) is 15.8. The Morgan fingerprint density at radius 2 is 1.79 bits per heavy atom. The van der Waals surface area contributed by atoms with Crippen molar-refractivity contribution in [2.24, 2.45) is 4.99 Å². The highest BCUT2D eigenvalue weighted by Gasteiger charge is 2.12. The van der Waals surface area contributed by atoms with Gasteiger partial charge in [0.15, 0.2) is 5.78 Å². The molecule has 1 aliphatic rings. The summed E-state index contributed by atoms with van der Waals surface area (Å²) in [5.41, 5.74) is 3.80. The van der Waals surface area contributed by atoms with Gasteiger partial charge in [0.1, 0.15) is 0 Å². The number of hydrogen-bond donors (Lipinski definition) is 1. The van der Waals surface area contributed by atoms with Gasteiger partial charge in [-0.2, -0.15) is 0 Å². The lowest BCUT2D eigenvalue weighted by Crippen LogP contribution is -3.00. The van der Waals surface area contributed by atoms with E-state index in [1.165, 1.54) is 19.3 Å². The summed E-state index contributed by atoms with van der Waals surface area (Å²) < 4.78 is 0. The lowest BCUT2D eigenvalue weighted by atomic mass is 10.1. The number of aromatic amines is 1. The molecular formula is C23H25ClN3O-. The summed E-state index contributed by atoms with van der Waals surface area (Å²) in [5.74, 6) is 0.215. The quantitative estimate of drug-likeness (QED) is 0.513. The van der Waals surface area contributed by atoms with E-state index >= 15 is 0 Å². The van der Waals surface area contributed by atoms with Gasteiger partial charge in [0.05, 0.1) is 5.69 Å². The zero-order chi connectivity index (χ0) is 18.5. The summed E-state index contributed by atoms with van der Waals surface area (Å²) in [7, 11) is 0. The molecule has 4 rings (SSSR count). The number of aromatic nitrogens is 1. The number of carbonyl (C=O) groups excluding carboxylic acids is 1. The predicted octanol–water partition coefficient (Wildman–Crippen LogP) is 1.98. The van der Waals surface area contributed by atoms with Crippen LogP contribution in [-0.4, -0.2) is 41.5 Å². The molecule has 28 heavy (non-hydrogen) atoms. The van der Waals surface area contributed by atoms with Crippen molar-refractivity contribution in [3.8, 4) is 0 Å². The number of aliphatic imine (C=N–C) groups is 1. The lowest BCUT2D eigenvalue weighted by molar-refractivity contribution is -0.0000135. The van der Waals surface area contributed by atoms with Gasteiger partial charge in [-0.25, -0.2) is 0 Å². The third kappa shape index (κ3) is 4.89. The summed E-state index contributed by atoms with van der Waals surface area (Å²) in [4.78, 5) is 22.6. The van der Waals surface area contributed by atoms with Gasteiger partial charge in [0.2, 0.25) is 0 Å². The van der Waals surface area contributed by atoms with Gasteiger partial charge in [-0.3, -0.25) is 9.79 Å². The number of halogens is 1. The predicted molar refractivity (Wildman–Crippen MR) is 111 cm³/mol. The molecule has 0 radical (unpaired) electrons. The number of likely N-dealkylation sites (tertiary alicyclic amines) is 1. The van der Waals surface area contributed by atoms with E-state index in [1.54, 1.807) is 0 Å². The summed E-state index contributed by atoms with van der Waals surface area (Å²) in [6.45, 7) is 3.14. The normalized spacial score (nSPS) is 15.0. The number of benzene rings is 2. The van der Waals surface area contributed by atoms with Crippen LogP contribution < -0.4 is 12.4 Å². The molecule has 1 saturated heterocycles. The fourth-order valence-electron chi connectivity index (χ4n) is 3.67. The highest BCUT2D eigenvalue weighted by atomic mass is 35.5. The van der Waals surface area contributed by atoms with E-state index in [-0.39, 0.29) is 18.2 Å². The number of fused-ring (bicyclic) bond motifs is 1. The van der Waals surface area contributed by atoms with Gasteiger partial charge < -0.3 is 22.3 Å². The van der Waals surface area contributed by atoms with E-state index in [1.807, 2.05) is 48.8 Å². The fraction of sp³-hybridized carbons (Fsp3) is 0.304. The molecular weight excluding hydrogens is 370 g/mol. The van der Waals surface area contributed by atoms with Crippen LogP contribution in [0.4, 0.5) is 5.69 Å². The van der Waals surface area contributed by atoms with Crippen molar-refractivity contribution in [2.45, 2.75) is 25.7 Å². The van der Waals surface area contributed by atoms with Crippen LogP contribution >= 0.6 is 0 Å². The number of piperidine rings is 1. The maximum Gasteiger partial charge on any atom is 0.164 e. The molecule has 0 amide bonds. The maximum atomic E-state index is 12.4. The van der Waals surface area contributed by atoms with Crippen molar-refractivity contribution in [1.82, 2.24) is 9.88 Å². The first-order valence-corrected chi connectivity index (χ1v) is 9.75. The highest BCUT2D eigenvalue weighted by Crippen LogP contribution is 2.19. The molecule has 146 valence electrons. The van der Waals surface area contributed by atoms with Crippen LogP contribution in [0.2, 0.25) is 0 Å². The first-order chi connectivity index (χ1) is 13.3. The Bertz CT molecular complexity index is 940. The van der Waals surface area contributed by atoms with Crippen LogP contribution in [-0.2, 0) is 0 Å². The Balaban J connectivity index is 0.00000225. The lowest BCUT2D eigenvalue weighted by Gasteiger charge is -2.25. The minimum absolute atomic E-state index is 0. The number of H-pyrrole nitrogens is 1. The Hall–Kier alpha value is -2.43. The maximum absolute atomic E-state index is 12.4. The number of ketones is 1. The van der Waals surface area contributed by atoms with Gasteiger partial charge in [0, 0.05) is 47.4 Å². The van der Waals surface area contributed by atoms with Crippen LogP contribution in [0.1, 0.15) is 41.6 Å². The van der Waals surface area contributed by atoms with E-state index in [9.17, 15) is 4.79 Å². The Kier molecular flexibility index (Phi) is 7.01. The molecule has 5 heteroatoms. The van der Waals surface area contributed by atoms with Crippen molar-refractivity contribution in [2.75, 3.05) is 19.6 Å². The number of hydrogen-bond acceptors (Lipinski definition) is 3. The van der Waals surface area contributed by atoms with Crippen LogP contribution in [0.25, 0.3) is 10.9 Å². The van der Waals surface area contributed by atoms with Crippen molar-refractivity contribution in [3.63, 3.8) is 0 Å². The van der Waals surface area contributed by atoms with E-state index in [0.717, 1.165) is 47.4 Å². The minimum Gasteiger partial charge on any atom is -1.00 e. The molecule has 0 saturated carbocycles. The first-order valence-electron chi connectivity index (χ1n) is 9.75. The second kappa shape index (κ2) is 9.67. The molecule has 0 spiro atoms. The van der Waals surface area contributed by atoms with Crippen molar-refractivity contribution >= 4 is 28.6 Å². The molecule has 0 atom stereocenters. The van der Waals surface area contributed by atoms with Gasteiger partial charge in [0.25, 0.3) is 0 Å². The zero-order valence-corrected chi connectivity index (χ0v) is 16.7. The second-order valence-corrected chi connectivity index (χ2v) is 7.17. The Labute approximate surface area is 172 Å². The number of nitrogens with zero attached hydrogens (tertiary/aromatic N) is 2. The second-order valence-electron chi connectivity index (χ2n) is 7.17. The van der Waals surface area contributed by atoms with Crippen LogP contribution in [0, 0.1) is 0 Å². The molecule has 1 aromatic heterocycles. The molecule has 1 fully saturated rings. The monoisotopic (exact) mass is 394 g/mol. The number of carbonyl (C=O) groups is 1. The summed E-state index contributed by atoms with van der Waals surface area (Å²) in [5, 5.41) is 1.16. The Morgan fingerprint density at radius 3 is 2.57 bits per heavy atom. The van der Waals surface area contributed by atoms with E-state index in [0.29, 0.717) is 6.42 Å². The fourth-order valence-corrected chi connectivity index (χ4v) is 3.67. The van der Waals surface area contributed by atoms with Crippen molar-refractivity contribution in [1.29, 1.82) is 0 Å². The van der Waals surface area contributed by atoms with Crippen molar-refractivity contribution in [3.05, 3.63) is 65.9 Å². The van der Waals surface area contributed by atoms with Gasteiger partial charge in [-0.15, -0.1) is 0 Å². The van der Waals surface area contributed by atoms with E-state index in [2.05, 4.69) is 27.0 Å². The Morgan fingerprint density at radius 1 is 1.04 bits per heavy atom. The smallest absolute Gasteiger partial charge is 0.164 e. The molecule has 0 aliphatic carbocycles. The zero-order valence-electron chi connectivity index (χ0n) is 15.9. The van der Waals surface area contributed by atoms with Gasteiger partial charge in [-0.05, 0) is 56.3 Å². The molecule has 1 aliphatic heterocycles. The van der Waals surface area contributed by atoms with Crippen LogP contribution in [0.15, 0.2) is 59.7 Å². The topological polar surface area (TPSA) is 48.5 Å². The number of para-hydroxylation sites is 1. The van der Waals surface area contributed by atoms with E-state index < -0.39 is 0 Å². The van der Waals surface area contributed by atoms with E-state index in [4.69, 9.17) is 0 Å². The van der Waals surface area contributed by atoms with Crippen LogP contribution in [0.5, 0.6) is 0 Å². The standard InChI is InChI=1S/C23H25N3O.ClH/c27-23(12-15-26-13-4-1-5-14-26)18-8-10-20(11-9-18)24-16-19-17-25-22-7-3-2-6-21(19)22;/h2-3,6-11,16-17,25H,1,4-5,12-15H2;1H/p-1. The molecule has 2 heterocycles. The van der Waals surface area contributed by atoms with Gasteiger partial charge >= 0.3 is 0 Å². The number of nitrogens with one attached hydrogen (secondary N) is 1. The third-order valence-electron chi connectivity index (χ3n) is 5.27.